The molecule has 0 aliphatic heterocycles. The number of pyridine rings is 1. The molecule has 0 aliphatic carbocycles. The Morgan fingerprint density at radius 3 is 2.61 bits per heavy atom. The Balaban J connectivity index is 2.19. The topological polar surface area (TPSA) is 63.2 Å². The third-order valence-corrected chi connectivity index (χ3v) is 2.01. The van der Waals surface area contributed by atoms with Crippen molar-refractivity contribution in [2.24, 2.45) is 0 Å². The Morgan fingerprint density at radius 2 is 2.06 bits per heavy atom. The molecule has 5 heteroatoms. The number of nitrogens with zero attached hydrogens (tertiary/aromatic N) is 1. The molecule has 0 saturated heterocycles. The predicted molar refractivity (Wildman–Crippen MR) is 71.7 cm³/mol. The number of carbonyl (C=O) groups excluding carboxylic acids is 1. The van der Waals surface area contributed by atoms with Gasteiger partial charge in [0.05, 0.1) is 0 Å². The first-order chi connectivity index (χ1) is 8.37. The van der Waals surface area contributed by atoms with Gasteiger partial charge in [-0.1, -0.05) is 6.07 Å². The van der Waals surface area contributed by atoms with Gasteiger partial charge in [0.2, 0.25) is 0 Å². The summed E-state index contributed by atoms with van der Waals surface area (Å²) < 4.78 is 5.11. The maximum Gasteiger partial charge on any atom is 0.407 e. The Kier molecular flexibility index (Phi) is 4.95. The normalized spacial score (nSPS) is 10.9. The number of amides is 1. The molecule has 0 fully saturated rings. The Morgan fingerprint density at radius 1 is 1.33 bits per heavy atom. The third-order valence-electron chi connectivity index (χ3n) is 2.01. The molecule has 0 saturated carbocycles. The van der Waals surface area contributed by atoms with E-state index in [0.717, 1.165) is 11.4 Å². The first kappa shape index (κ1) is 14.3. The van der Waals surface area contributed by atoms with Gasteiger partial charge in [-0.15, -0.1) is 0 Å². The number of rotatable bonds is 4. The highest BCUT2D eigenvalue weighted by Gasteiger charge is 2.15. The van der Waals surface area contributed by atoms with Gasteiger partial charge in [0, 0.05) is 19.3 Å². The van der Waals surface area contributed by atoms with Crippen molar-refractivity contribution in [1.82, 2.24) is 10.3 Å². The second kappa shape index (κ2) is 6.23. The number of anilines is 1. The molecule has 0 bridgehead atoms. The van der Waals surface area contributed by atoms with E-state index in [9.17, 15) is 4.79 Å². The molecule has 1 aromatic heterocycles. The minimum Gasteiger partial charge on any atom is -0.444 e. The van der Waals surface area contributed by atoms with Crippen LogP contribution < -0.4 is 10.6 Å². The van der Waals surface area contributed by atoms with Gasteiger partial charge < -0.3 is 15.4 Å². The van der Waals surface area contributed by atoms with E-state index in [4.69, 9.17) is 4.74 Å². The molecule has 1 heterocycles. The lowest BCUT2D eigenvalue weighted by Crippen LogP contribution is -2.35. The highest BCUT2D eigenvalue weighted by Crippen LogP contribution is 2.06. The van der Waals surface area contributed by atoms with Crippen molar-refractivity contribution in [3.63, 3.8) is 0 Å². The lowest BCUT2D eigenvalue weighted by Gasteiger charge is -2.19. The van der Waals surface area contributed by atoms with Gasteiger partial charge in [0.1, 0.15) is 11.4 Å². The molecule has 1 amide bonds. The van der Waals surface area contributed by atoms with Crippen LogP contribution in [0.2, 0.25) is 0 Å². The fourth-order valence-electron chi connectivity index (χ4n) is 1.24. The third kappa shape index (κ3) is 6.08. The molecule has 0 atom stereocenters. The van der Waals surface area contributed by atoms with Crippen LogP contribution in [0.1, 0.15) is 26.3 Å². The zero-order valence-electron chi connectivity index (χ0n) is 11.4. The summed E-state index contributed by atoms with van der Waals surface area (Å²) in [7, 11) is 0. The van der Waals surface area contributed by atoms with Crippen molar-refractivity contribution in [3.8, 4) is 0 Å². The molecule has 0 radical (unpaired) electrons. The van der Waals surface area contributed by atoms with Gasteiger partial charge in [-0.2, -0.15) is 0 Å². The Labute approximate surface area is 108 Å². The first-order valence-electron chi connectivity index (χ1n) is 6.00. The number of hydrogen-bond acceptors (Lipinski definition) is 4. The molecular weight excluding hydrogens is 230 g/mol. The Hall–Kier alpha value is -1.78. The summed E-state index contributed by atoms with van der Waals surface area (Å²) in [6.45, 7) is 8.59. The number of carbonyl (C=O) groups is 1. The molecule has 18 heavy (non-hydrogen) atoms. The fourth-order valence-corrected chi connectivity index (χ4v) is 1.24. The van der Waals surface area contributed by atoms with Gasteiger partial charge in [-0.05, 0) is 39.3 Å². The van der Waals surface area contributed by atoms with Crippen LogP contribution in [-0.2, 0) is 4.74 Å². The first-order valence-corrected chi connectivity index (χ1v) is 6.00. The van der Waals surface area contributed by atoms with Crippen molar-refractivity contribution in [2.75, 3.05) is 18.4 Å². The standard InChI is InChI=1S/C13H21N3O2/c1-10-5-6-11(16-9-10)14-7-8-15-12(17)18-13(2,3)4/h5-6,9H,7-8H2,1-4H3,(H,14,16)(H,15,17). The van der Waals surface area contributed by atoms with E-state index in [1.165, 1.54) is 0 Å². The zero-order valence-corrected chi connectivity index (χ0v) is 11.4. The van der Waals surface area contributed by atoms with Crippen LogP contribution in [0.3, 0.4) is 0 Å². The van der Waals surface area contributed by atoms with Gasteiger partial charge in [-0.25, -0.2) is 9.78 Å². The summed E-state index contributed by atoms with van der Waals surface area (Å²) in [5, 5.41) is 5.78. The van der Waals surface area contributed by atoms with Crippen LogP contribution in [0.4, 0.5) is 10.6 Å². The highest BCUT2D eigenvalue weighted by molar-refractivity contribution is 5.67. The monoisotopic (exact) mass is 251 g/mol. The second-order valence-electron chi connectivity index (χ2n) is 5.08. The number of hydrogen-bond donors (Lipinski definition) is 2. The summed E-state index contributed by atoms with van der Waals surface area (Å²) in [5.41, 5.74) is 0.656. The van der Waals surface area contributed by atoms with E-state index >= 15 is 0 Å². The molecule has 2 N–H and O–H groups in total. The lowest BCUT2D eigenvalue weighted by atomic mass is 10.2. The van der Waals surface area contributed by atoms with Gasteiger partial charge in [-0.3, -0.25) is 0 Å². The largest absolute Gasteiger partial charge is 0.444 e. The summed E-state index contributed by atoms with van der Waals surface area (Å²) in [6, 6.07) is 3.89. The number of ether oxygens (including phenoxy) is 1. The quantitative estimate of drug-likeness (QED) is 0.806. The Bertz CT molecular complexity index is 382. The van der Waals surface area contributed by atoms with Gasteiger partial charge >= 0.3 is 6.09 Å². The summed E-state index contributed by atoms with van der Waals surface area (Å²) in [6.07, 6.45) is 1.39. The van der Waals surface area contributed by atoms with E-state index < -0.39 is 11.7 Å². The lowest BCUT2D eigenvalue weighted by molar-refractivity contribution is 0.0530. The number of aryl methyl sites for hydroxylation is 1. The van der Waals surface area contributed by atoms with Crippen LogP contribution in [0.25, 0.3) is 0 Å². The zero-order chi connectivity index (χ0) is 13.6. The molecule has 0 spiro atoms. The van der Waals surface area contributed by atoms with Crippen molar-refractivity contribution < 1.29 is 9.53 Å². The van der Waals surface area contributed by atoms with E-state index in [-0.39, 0.29) is 0 Å². The number of alkyl carbamates (subject to hydrolysis) is 1. The molecule has 0 unspecified atom stereocenters. The molecule has 5 nitrogen and oxygen atoms in total. The van der Waals surface area contributed by atoms with Crippen molar-refractivity contribution in [2.45, 2.75) is 33.3 Å². The molecule has 1 rings (SSSR count). The van der Waals surface area contributed by atoms with E-state index in [0.29, 0.717) is 13.1 Å². The number of nitrogens with one attached hydrogen (secondary N) is 2. The van der Waals surface area contributed by atoms with E-state index in [2.05, 4.69) is 15.6 Å². The molecular formula is C13H21N3O2. The number of aromatic nitrogens is 1. The average Bonchev–Trinajstić information content (AvgIpc) is 2.24. The average molecular weight is 251 g/mol. The summed E-state index contributed by atoms with van der Waals surface area (Å²) >= 11 is 0. The van der Waals surface area contributed by atoms with Crippen LogP contribution in [0.5, 0.6) is 0 Å². The van der Waals surface area contributed by atoms with E-state index in [1.54, 1.807) is 6.20 Å². The SMILES string of the molecule is Cc1ccc(NCCNC(=O)OC(C)(C)C)nc1. The maximum atomic E-state index is 11.3. The van der Waals surface area contributed by atoms with Crippen LogP contribution >= 0.6 is 0 Å². The smallest absolute Gasteiger partial charge is 0.407 e. The minimum absolute atomic E-state index is 0.402. The van der Waals surface area contributed by atoms with Crippen molar-refractivity contribution >= 4 is 11.9 Å². The molecule has 0 aromatic carbocycles. The molecule has 1 aromatic rings. The maximum absolute atomic E-state index is 11.3. The van der Waals surface area contributed by atoms with Crippen molar-refractivity contribution in [3.05, 3.63) is 23.9 Å². The fraction of sp³-hybridized carbons (Fsp3) is 0.538. The van der Waals surface area contributed by atoms with Crippen molar-refractivity contribution in [1.29, 1.82) is 0 Å². The summed E-state index contributed by atoms with van der Waals surface area (Å²) in [5.74, 6) is 0.798. The second-order valence-corrected chi connectivity index (χ2v) is 5.08. The van der Waals surface area contributed by atoms with Crippen LogP contribution in [-0.4, -0.2) is 29.8 Å². The predicted octanol–water partition coefficient (Wildman–Crippen LogP) is 2.33. The van der Waals surface area contributed by atoms with Gasteiger partial charge in [0.25, 0.3) is 0 Å². The van der Waals surface area contributed by atoms with Crippen LogP contribution in [0.15, 0.2) is 18.3 Å². The van der Waals surface area contributed by atoms with Gasteiger partial charge in [0.15, 0.2) is 0 Å². The minimum atomic E-state index is -0.462. The molecule has 0 aliphatic rings. The summed E-state index contributed by atoms with van der Waals surface area (Å²) in [4.78, 5) is 15.5. The van der Waals surface area contributed by atoms with E-state index in [1.807, 2.05) is 39.8 Å². The molecule has 100 valence electrons. The van der Waals surface area contributed by atoms with Crippen LogP contribution in [0, 0.1) is 6.92 Å². The highest BCUT2D eigenvalue weighted by atomic mass is 16.6.